The summed E-state index contributed by atoms with van der Waals surface area (Å²) in [6.45, 7) is 5.59. The molecule has 2 aromatic carbocycles. The number of rotatable bonds is 10. The number of nitrogens with one attached hydrogen (secondary N) is 2. The standard InChI is InChI=1S/C25H30N6O3/c1-2-34-23-9-7-20(8-10-23)18-30(14-4-13-29-15-11-26-19-29)25(33)28-21-5-3-6-22(17-21)31-16-12-27-24(31)32/h3,5-11,15,17,19H,2,4,12-14,16,18H2,1H3,(H,27,32)(H,28,33). The van der Waals surface area contributed by atoms with Crippen molar-refractivity contribution in [3.63, 3.8) is 0 Å². The Morgan fingerprint density at radius 2 is 2.09 bits per heavy atom. The molecule has 0 aliphatic carbocycles. The summed E-state index contributed by atoms with van der Waals surface area (Å²) in [5.41, 5.74) is 2.42. The third kappa shape index (κ3) is 6.06. The molecule has 4 amide bonds. The summed E-state index contributed by atoms with van der Waals surface area (Å²) in [5.74, 6) is 0.810. The number of hydrogen-bond acceptors (Lipinski definition) is 4. The molecule has 3 aromatic rings. The highest BCUT2D eigenvalue weighted by molar-refractivity contribution is 5.95. The van der Waals surface area contributed by atoms with Gasteiger partial charge in [-0.15, -0.1) is 0 Å². The monoisotopic (exact) mass is 462 g/mol. The van der Waals surface area contributed by atoms with Gasteiger partial charge in [-0.05, 0) is 49.2 Å². The molecule has 0 unspecified atom stereocenters. The first kappa shape index (κ1) is 23.2. The largest absolute Gasteiger partial charge is 0.494 e. The summed E-state index contributed by atoms with van der Waals surface area (Å²) >= 11 is 0. The van der Waals surface area contributed by atoms with E-state index in [4.69, 9.17) is 4.74 Å². The van der Waals surface area contributed by atoms with E-state index in [1.807, 2.05) is 66.2 Å². The molecule has 0 atom stereocenters. The van der Waals surface area contributed by atoms with E-state index in [0.717, 1.165) is 30.0 Å². The maximum Gasteiger partial charge on any atom is 0.322 e. The fourth-order valence-electron chi connectivity index (χ4n) is 3.87. The van der Waals surface area contributed by atoms with Crippen LogP contribution in [0.4, 0.5) is 21.0 Å². The number of ether oxygens (including phenoxy) is 1. The molecule has 0 bridgehead atoms. The molecular weight excluding hydrogens is 432 g/mol. The second kappa shape index (κ2) is 11.2. The number of carbonyl (C=O) groups excluding carboxylic acids is 2. The number of hydrogen-bond donors (Lipinski definition) is 2. The van der Waals surface area contributed by atoms with E-state index >= 15 is 0 Å². The van der Waals surface area contributed by atoms with Crippen molar-refractivity contribution in [3.8, 4) is 5.75 Å². The van der Waals surface area contributed by atoms with Gasteiger partial charge in [0.15, 0.2) is 0 Å². The van der Waals surface area contributed by atoms with Gasteiger partial charge in [0.25, 0.3) is 0 Å². The highest BCUT2D eigenvalue weighted by atomic mass is 16.5. The molecule has 0 radical (unpaired) electrons. The highest BCUT2D eigenvalue weighted by Crippen LogP contribution is 2.22. The first-order chi connectivity index (χ1) is 16.6. The van der Waals surface area contributed by atoms with Gasteiger partial charge in [0.05, 0.1) is 12.9 Å². The quantitative estimate of drug-likeness (QED) is 0.478. The Kier molecular flexibility index (Phi) is 7.64. The summed E-state index contributed by atoms with van der Waals surface area (Å²) in [7, 11) is 0. The number of carbonyl (C=O) groups is 2. The second-order valence-corrected chi connectivity index (χ2v) is 8.02. The Balaban J connectivity index is 1.44. The minimum absolute atomic E-state index is 0.125. The summed E-state index contributed by atoms with van der Waals surface area (Å²) in [6.07, 6.45) is 6.22. The van der Waals surface area contributed by atoms with Crippen molar-refractivity contribution in [2.24, 2.45) is 0 Å². The van der Waals surface area contributed by atoms with Crippen LogP contribution in [-0.4, -0.2) is 52.8 Å². The lowest BCUT2D eigenvalue weighted by atomic mass is 10.2. The van der Waals surface area contributed by atoms with E-state index in [1.165, 1.54) is 0 Å². The van der Waals surface area contributed by atoms with Crippen molar-refractivity contribution in [2.45, 2.75) is 26.4 Å². The predicted octanol–water partition coefficient (Wildman–Crippen LogP) is 3.94. The van der Waals surface area contributed by atoms with Gasteiger partial charge in [0, 0.05) is 56.5 Å². The predicted molar refractivity (Wildman–Crippen MR) is 131 cm³/mol. The Hall–Kier alpha value is -4.01. The van der Waals surface area contributed by atoms with Crippen molar-refractivity contribution >= 4 is 23.4 Å². The summed E-state index contributed by atoms with van der Waals surface area (Å²) in [4.78, 5) is 32.8. The van der Waals surface area contributed by atoms with Crippen molar-refractivity contribution in [1.29, 1.82) is 0 Å². The van der Waals surface area contributed by atoms with Crippen molar-refractivity contribution in [2.75, 3.05) is 36.5 Å². The zero-order valence-corrected chi connectivity index (χ0v) is 19.3. The number of nitrogens with zero attached hydrogens (tertiary/aromatic N) is 4. The van der Waals surface area contributed by atoms with Gasteiger partial charge < -0.3 is 24.8 Å². The Labute approximate surface area is 199 Å². The zero-order chi connectivity index (χ0) is 23.8. The number of imidazole rings is 1. The van der Waals surface area contributed by atoms with E-state index in [0.29, 0.717) is 38.5 Å². The van der Waals surface area contributed by atoms with Crippen LogP contribution < -0.4 is 20.3 Å². The van der Waals surface area contributed by atoms with Crippen LogP contribution in [0.3, 0.4) is 0 Å². The van der Waals surface area contributed by atoms with Crippen LogP contribution in [0.25, 0.3) is 0 Å². The number of urea groups is 2. The van der Waals surface area contributed by atoms with Crippen LogP contribution in [0.15, 0.2) is 67.3 Å². The van der Waals surface area contributed by atoms with Gasteiger partial charge in [-0.3, -0.25) is 4.90 Å². The zero-order valence-electron chi connectivity index (χ0n) is 19.3. The van der Waals surface area contributed by atoms with E-state index in [1.54, 1.807) is 22.3 Å². The lowest BCUT2D eigenvalue weighted by Crippen LogP contribution is -2.35. The molecule has 1 fully saturated rings. The van der Waals surface area contributed by atoms with Gasteiger partial charge in [-0.25, -0.2) is 14.6 Å². The average molecular weight is 463 g/mol. The lowest BCUT2D eigenvalue weighted by Gasteiger charge is -2.24. The first-order valence-electron chi connectivity index (χ1n) is 11.5. The number of benzene rings is 2. The molecule has 1 aromatic heterocycles. The Morgan fingerprint density at radius 3 is 2.79 bits per heavy atom. The molecule has 1 saturated heterocycles. The van der Waals surface area contributed by atoms with E-state index in [9.17, 15) is 9.59 Å². The van der Waals surface area contributed by atoms with Crippen LogP contribution in [0.1, 0.15) is 18.9 Å². The normalized spacial score (nSPS) is 13.0. The number of aromatic nitrogens is 2. The summed E-state index contributed by atoms with van der Waals surface area (Å²) in [5, 5.41) is 5.80. The minimum atomic E-state index is -0.192. The number of aryl methyl sites for hydroxylation is 1. The van der Waals surface area contributed by atoms with Crippen LogP contribution in [0, 0.1) is 0 Å². The molecule has 34 heavy (non-hydrogen) atoms. The lowest BCUT2D eigenvalue weighted by molar-refractivity contribution is 0.207. The fraction of sp³-hybridized carbons (Fsp3) is 0.320. The van der Waals surface area contributed by atoms with Gasteiger partial charge in [0.1, 0.15) is 5.75 Å². The molecule has 178 valence electrons. The Morgan fingerprint density at radius 1 is 1.24 bits per heavy atom. The van der Waals surface area contributed by atoms with Gasteiger partial charge in [-0.2, -0.15) is 0 Å². The van der Waals surface area contributed by atoms with E-state index in [-0.39, 0.29) is 12.1 Å². The van der Waals surface area contributed by atoms with Crippen molar-refractivity contribution in [1.82, 2.24) is 19.8 Å². The van der Waals surface area contributed by atoms with Gasteiger partial charge >= 0.3 is 12.1 Å². The van der Waals surface area contributed by atoms with Gasteiger partial charge in [-0.1, -0.05) is 18.2 Å². The maximum atomic E-state index is 13.3. The van der Waals surface area contributed by atoms with Crippen LogP contribution in [0.2, 0.25) is 0 Å². The van der Waals surface area contributed by atoms with Crippen molar-refractivity contribution in [3.05, 3.63) is 72.8 Å². The molecule has 0 spiro atoms. The second-order valence-electron chi connectivity index (χ2n) is 8.02. The van der Waals surface area contributed by atoms with Crippen molar-refractivity contribution < 1.29 is 14.3 Å². The molecule has 0 saturated carbocycles. The molecule has 1 aliphatic rings. The average Bonchev–Trinajstić information content (AvgIpc) is 3.52. The molecular formula is C25H30N6O3. The summed E-state index contributed by atoms with van der Waals surface area (Å²) < 4.78 is 7.52. The third-order valence-corrected chi connectivity index (χ3v) is 5.56. The fourth-order valence-corrected chi connectivity index (χ4v) is 3.87. The smallest absolute Gasteiger partial charge is 0.322 e. The maximum absolute atomic E-state index is 13.3. The topological polar surface area (TPSA) is 91.7 Å². The van der Waals surface area contributed by atoms with Crippen LogP contribution in [-0.2, 0) is 13.1 Å². The summed E-state index contributed by atoms with van der Waals surface area (Å²) in [6, 6.07) is 14.8. The molecule has 9 heteroatoms. The molecule has 2 N–H and O–H groups in total. The van der Waals surface area contributed by atoms with E-state index < -0.39 is 0 Å². The molecule has 1 aliphatic heterocycles. The number of anilines is 2. The molecule has 4 rings (SSSR count). The van der Waals surface area contributed by atoms with E-state index in [2.05, 4.69) is 15.6 Å². The Bertz CT molecular complexity index is 1080. The first-order valence-corrected chi connectivity index (χ1v) is 11.5. The highest BCUT2D eigenvalue weighted by Gasteiger charge is 2.21. The molecule has 2 heterocycles. The SMILES string of the molecule is CCOc1ccc(CN(CCCn2ccnc2)C(=O)Nc2cccc(N3CCNC3=O)c2)cc1. The number of amides is 4. The van der Waals surface area contributed by atoms with Crippen LogP contribution >= 0.6 is 0 Å². The molecule has 9 nitrogen and oxygen atoms in total. The van der Waals surface area contributed by atoms with Gasteiger partial charge in [0.2, 0.25) is 0 Å². The third-order valence-electron chi connectivity index (χ3n) is 5.56. The minimum Gasteiger partial charge on any atom is -0.494 e. The van der Waals surface area contributed by atoms with Crippen LogP contribution in [0.5, 0.6) is 5.75 Å².